The maximum absolute atomic E-state index is 11.5. The number of nitrogens with one attached hydrogen (secondary N) is 2. The molecule has 24 heavy (non-hydrogen) atoms. The Morgan fingerprint density at radius 3 is 3.17 bits per heavy atom. The van der Waals surface area contributed by atoms with E-state index in [4.69, 9.17) is 4.42 Å². The number of aromatic nitrogens is 4. The lowest BCUT2D eigenvalue weighted by molar-refractivity contribution is -0.116. The SMILES string of the molecule is C=CC(=O)NC1C=C(c2ccnc3[nH]cc(-c4nnco4)c23)CC1. The molecule has 0 aromatic carbocycles. The Hall–Kier alpha value is -3.22. The monoisotopic (exact) mass is 321 g/mol. The van der Waals surface area contributed by atoms with E-state index in [1.54, 1.807) is 6.20 Å². The summed E-state index contributed by atoms with van der Waals surface area (Å²) in [7, 11) is 0. The van der Waals surface area contributed by atoms with Crippen molar-refractivity contribution in [2.24, 2.45) is 0 Å². The van der Waals surface area contributed by atoms with Crippen LogP contribution < -0.4 is 5.32 Å². The van der Waals surface area contributed by atoms with Gasteiger partial charge in [0.25, 0.3) is 0 Å². The van der Waals surface area contributed by atoms with Crippen LogP contribution in [0.15, 0.2) is 48.0 Å². The van der Waals surface area contributed by atoms with Crippen molar-refractivity contribution in [1.82, 2.24) is 25.5 Å². The van der Waals surface area contributed by atoms with E-state index in [1.165, 1.54) is 12.5 Å². The van der Waals surface area contributed by atoms with Crippen molar-refractivity contribution in [3.8, 4) is 11.5 Å². The Morgan fingerprint density at radius 1 is 1.46 bits per heavy atom. The van der Waals surface area contributed by atoms with Crippen molar-refractivity contribution >= 4 is 22.5 Å². The van der Waals surface area contributed by atoms with Gasteiger partial charge in [-0.15, -0.1) is 10.2 Å². The molecule has 7 heteroatoms. The van der Waals surface area contributed by atoms with Crippen LogP contribution in [0, 0.1) is 0 Å². The highest BCUT2D eigenvalue weighted by atomic mass is 16.4. The standard InChI is InChI=1S/C17H15N5O2/c1-2-14(23)21-11-4-3-10(7-11)12-5-6-18-16-15(12)13(8-19-16)17-22-20-9-24-17/h2,5-9,11H,1,3-4H2,(H,18,19)(H,21,23). The first-order chi connectivity index (χ1) is 11.8. The first-order valence-electron chi connectivity index (χ1n) is 7.63. The highest BCUT2D eigenvalue weighted by molar-refractivity contribution is 6.00. The highest BCUT2D eigenvalue weighted by Crippen LogP contribution is 2.36. The molecule has 0 aliphatic heterocycles. The lowest BCUT2D eigenvalue weighted by Gasteiger charge is -2.06. The third-order valence-electron chi connectivity index (χ3n) is 4.15. The zero-order valence-electron chi connectivity index (χ0n) is 12.8. The van der Waals surface area contributed by atoms with Crippen LogP contribution in [0.4, 0.5) is 0 Å². The van der Waals surface area contributed by atoms with Crippen LogP contribution in [-0.2, 0) is 4.79 Å². The topological polar surface area (TPSA) is 96.7 Å². The molecule has 1 unspecified atom stereocenters. The van der Waals surface area contributed by atoms with Gasteiger partial charge in [-0.3, -0.25) is 4.79 Å². The van der Waals surface area contributed by atoms with Crippen molar-refractivity contribution in [1.29, 1.82) is 0 Å². The summed E-state index contributed by atoms with van der Waals surface area (Å²) in [5.74, 6) is 0.288. The summed E-state index contributed by atoms with van der Waals surface area (Å²) < 4.78 is 5.33. The van der Waals surface area contributed by atoms with Gasteiger partial charge in [-0.25, -0.2) is 4.98 Å². The summed E-state index contributed by atoms with van der Waals surface area (Å²) in [5, 5.41) is 11.6. The molecule has 0 fully saturated rings. The maximum atomic E-state index is 11.5. The summed E-state index contributed by atoms with van der Waals surface area (Å²) in [4.78, 5) is 19.0. The quantitative estimate of drug-likeness (QED) is 0.720. The number of amides is 1. The molecule has 3 aromatic heterocycles. The van der Waals surface area contributed by atoms with Crippen LogP contribution in [0.1, 0.15) is 18.4 Å². The number of aromatic amines is 1. The summed E-state index contributed by atoms with van der Waals surface area (Å²) >= 11 is 0. The van der Waals surface area contributed by atoms with E-state index in [1.807, 2.05) is 12.3 Å². The number of rotatable bonds is 4. The molecule has 1 aliphatic rings. The smallest absolute Gasteiger partial charge is 0.249 e. The second-order valence-corrected chi connectivity index (χ2v) is 5.58. The number of hydrogen-bond donors (Lipinski definition) is 2. The number of nitrogens with zero attached hydrogens (tertiary/aromatic N) is 3. The summed E-state index contributed by atoms with van der Waals surface area (Å²) in [6, 6.07) is 1.99. The highest BCUT2D eigenvalue weighted by Gasteiger charge is 2.22. The van der Waals surface area contributed by atoms with E-state index in [0.29, 0.717) is 5.89 Å². The minimum Gasteiger partial charge on any atom is -0.423 e. The van der Waals surface area contributed by atoms with E-state index >= 15 is 0 Å². The van der Waals surface area contributed by atoms with Gasteiger partial charge in [0.15, 0.2) is 0 Å². The van der Waals surface area contributed by atoms with Crippen molar-refractivity contribution in [3.05, 3.63) is 49.1 Å². The van der Waals surface area contributed by atoms with E-state index < -0.39 is 0 Å². The van der Waals surface area contributed by atoms with Crippen molar-refractivity contribution < 1.29 is 9.21 Å². The molecule has 0 bridgehead atoms. The van der Waals surface area contributed by atoms with Crippen molar-refractivity contribution in [3.63, 3.8) is 0 Å². The van der Waals surface area contributed by atoms with E-state index in [2.05, 4.69) is 38.1 Å². The van der Waals surface area contributed by atoms with Gasteiger partial charge >= 0.3 is 0 Å². The van der Waals surface area contributed by atoms with Crippen LogP contribution in [-0.4, -0.2) is 32.1 Å². The molecule has 0 spiro atoms. The molecular formula is C17H15N5O2. The minimum absolute atomic E-state index is 0.0134. The van der Waals surface area contributed by atoms with E-state index in [0.717, 1.165) is 40.6 Å². The fraction of sp³-hybridized carbons (Fsp3) is 0.176. The average Bonchev–Trinajstić information content (AvgIpc) is 3.33. The number of pyridine rings is 1. The third kappa shape index (κ3) is 2.40. The van der Waals surface area contributed by atoms with Crippen molar-refractivity contribution in [2.75, 3.05) is 0 Å². The third-order valence-corrected chi connectivity index (χ3v) is 4.15. The zero-order chi connectivity index (χ0) is 16.5. The maximum Gasteiger partial charge on any atom is 0.249 e. The molecule has 0 saturated carbocycles. The Morgan fingerprint density at radius 2 is 2.38 bits per heavy atom. The number of carbonyl (C=O) groups is 1. The number of H-pyrrole nitrogens is 1. The van der Waals surface area contributed by atoms with Crippen LogP contribution in [0.25, 0.3) is 28.1 Å². The fourth-order valence-corrected chi connectivity index (χ4v) is 3.08. The number of hydrogen-bond acceptors (Lipinski definition) is 5. The van der Waals surface area contributed by atoms with Crippen LogP contribution in [0.5, 0.6) is 0 Å². The van der Waals surface area contributed by atoms with Gasteiger partial charge in [0.2, 0.25) is 18.2 Å². The first-order valence-corrected chi connectivity index (χ1v) is 7.63. The van der Waals surface area contributed by atoms with Crippen LogP contribution in [0.3, 0.4) is 0 Å². The Balaban J connectivity index is 1.77. The van der Waals surface area contributed by atoms with Gasteiger partial charge in [-0.1, -0.05) is 12.7 Å². The number of fused-ring (bicyclic) bond motifs is 1. The predicted octanol–water partition coefficient (Wildman–Crippen LogP) is 2.46. The summed E-state index contributed by atoms with van der Waals surface area (Å²) in [6.45, 7) is 3.49. The predicted molar refractivity (Wildman–Crippen MR) is 88.7 cm³/mol. The molecule has 7 nitrogen and oxygen atoms in total. The van der Waals surface area contributed by atoms with E-state index in [9.17, 15) is 4.79 Å². The van der Waals surface area contributed by atoms with Gasteiger partial charge in [-0.05, 0) is 36.1 Å². The van der Waals surface area contributed by atoms with Crippen LogP contribution in [0.2, 0.25) is 0 Å². The van der Waals surface area contributed by atoms with Crippen LogP contribution >= 0.6 is 0 Å². The molecule has 0 saturated heterocycles. The van der Waals surface area contributed by atoms with Gasteiger partial charge in [0.05, 0.1) is 5.56 Å². The minimum atomic E-state index is -0.162. The molecule has 3 heterocycles. The van der Waals surface area contributed by atoms with Gasteiger partial charge in [0.1, 0.15) is 5.65 Å². The Labute approximate surface area is 137 Å². The average molecular weight is 321 g/mol. The molecule has 1 atom stereocenters. The normalized spacial score (nSPS) is 17.0. The fourth-order valence-electron chi connectivity index (χ4n) is 3.08. The zero-order valence-corrected chi connectivity index (χ0v) is 12.8. The molecule has 4 rings (SSSR count). The molecule has 3 aromatic rings. The molecular weight excluding hydrogens is 306 g/mol. The summed E-state index contributed by atoms with van der Waals surface area (Å²) in [5.41, 5.74) is 3.81. The van der Waals surface area contributed by atoms with Gasteiger partial charge in [0, 0.05) is 23.8 Å². The van der Waals surface area contributed by atoms with Crippen molar-refractivity contribution in [2.45, 2.75) is 18.9 Å². The van der Waals surface area contributed by atoms with Gasteiger partial charge in [-0.2, -0.15) is 0 Å². The first kappa shape index (κ1) is 14.4. The number of allylic oxidation sites excluding steroid dienone is 1. The Kier molecular flexibility index (Phi) is 3.45. The molecule has 120 valence electrons. The second kappa shape index (κ2) is 5.77. The van der Waals surface area contributed by atoms with Gasteiger partial charge < -0.3 is 14.7 Å². The molecule has 0 radical (unpaired) electrons. The number of carbonyl (C=O) groups excluding carboxylic acids is 1. The molecule has 1 amide bonds. The lowest BCUT2D eigenvalue weighted by atomic mass is 10.0. The summed E-state index contributed by atoms with van der Waals surface area (Å²) in [6.07, 6.45) is 10.00. The molecule has 1 aliphatic carbocycles. The second-order valence-electron chi connectivity index (χ2n) is 5.58. The largest absolute Gasteiger partial charge is 0.423 e. The lowest BCUT2D eigenvalue weighted by Crippen LogP contribution is -2.30. The molecule has 2 N–H and O–H groups in total. The Bertz CT molecular complexity index is 939. The van der Waals surface area contributed by atoms with E-state index in [-0.39, 0.29) is 11.9 Å².